The van der Waals surface area contributed by atoms with Crippen LogP contribution < -0.4 is 4.74 Å². The molecule has 0 spiro atoms. The number of hydrogen-bond donors (Lipinski definition) is 0. The van der Waals surface area contributed by atoms with Gasteiger partial charge in [-0.1, -0.05) is 62.2 Å². The van der Waals surface area contributed by atoms with Gasteiger partial charge in [0.1, 0.15) is 11.6 Å². The molecule has 0 radical (unpaired) electrons. The lowest BCUT2D eigenvalue weighted by atomic mass is 9.95. The third-order valence-corrected chi connectivity index (χ3v) is 5.88. The second-order valence-electron chi connectivity index (χ2n) is 8.28. The van der Waals surface area contributed by atoms with E-state index < -0.39 is 35.6 Å². The van der Waals surface area contributed by atoms with E-state index in [9.17, 15) is 22.0 Å². The van der Waals surface area contributed by atoms with Crippen molar-refractivity contribution in [2.24, 2.45) is 0 Å². The molecule has 1 nitrogen and oxygen atoms in total. The number of rotatable bonds is 8. The van der Waals surface area contributed by atoms with Gasteiger partial charge in [-0.05, 0) is 53.1 Å². The molecule has 0 fully saturated rings. The molecule has 0 aliphatic rings. The van der Waals surface area contributed by atoms with E-state index in [4.69, 9.17) is 0 Å². The molecule has 4 aromatic rings. The van der Waals surface area contributed by atoms with E-state index >= 15 is 4.39 Å². The van der Waals surface area contributed by atoms with Crippen molar-refractivity contribution < 1.29 is 31.1 Å². The van der Waals surface area contributed by atoms with Crippen molar-refractivity contribution in [3.63, 3.8) is 0 Å². The summed E-state index contributed by atoms with van der Waals surface area (Å²) >= 11 is 0. The highest BCUT2D eigenvalue weighted by Crippen LogP contribution is 2.35. The van der Waals surface area contributed by atoms with E-state index in [0.29, 0.717) is 17.5 Å². The summed E-state index contributed by atoms with van der Waals surface area (Å²) in [5, 5.41) is 1.15. The Hall–Kier alpha value is -3.48. The predicted molar refractivity (Wildman–Crippen MR) is 125 cm³/mol. The summed E-state index contributed by atoms with van der Waals surface area (Å²) < 4.78 is 86.9. The Bertz CT molecular complexity index is 1340. The first kappa shape index (κ1) is 24.6. The van der Waals surface area contributed by atoms with Gasteiger partial charge in [-0.15, -0.1) is 0 Å². The van der Waals surface area contributed by atoms with Crippen LogP contribution in [-0.4, -0.2) is 6.61 Å². The van der Waals surface area contributed by atoms with Crippen LogP contribution in [0.15, 0.2) is 60.7 Å². The highest BCUT2D eigenvalue weighted by Gasteiger charge is 2.19. The first-order chi connectivity index (χ1) is 16.8. The molecular weight excluding hydrogens is 466 g/mol. The van der Waals surface area contributed by atoms with Crippen LogP contribution in [0.1, 0.15) is 31.7 Å². The van der Waals surface area contributed by atoms with Crippen LogP contribution in [0, 0.1) is 23.3 Å². The Labute approximate surface area is 199 Å². The topological polar surface area (TPSA) is 9.23 Å². The Morgan fingerprint density at radius 1 is 0.714 bits per heavy atom. The molecule has 0 heterocycles. The van der Waals surface area contributed by atoms with Crippen molar-refractivity contribution in [1.29, 1.82) is 0 Å². The largest absolute Gasteiger partial charge is 0.429 e. The average molecular weight is 488 g/mol. The number of fused-ring (bicyclic) bond motifs is 1. The average Bonchev–Trinajstić information content (AvgIpc) is 2.81. The standard InChI is InChI=1S/C28H22F6O/c1-2-3-4-5-16-6-9-21-17(12-16)8-11-22(26(21)32)18-7-10-20(23(29)13-18)19-14-24(30)27(25(31)15-19)35-28(33)34/h6-15,28H,2-5H2,1H3. The van der Waals surface area contributed by atoms with Gasteiger partial charge in [0.2, 0.25) is 0 Å². The minimum atomic E-state index is -3.41. The lowest BCUT2D eigenvalue weighted by Gasteiger charge is -2.12. The molecule has 182 valence electrons. The summed E-state index contributed by atoms with van der Waals surface area (Å²) in [7, 11) is 0. The van der Waals surface area contributed by atoms with Crippen LogP contribution >= 0.6 is 0 Å². The van der Waals surface area contributed by atoms with Crippen molar-refractivity contribution in [2.75, 3.05) is 0 Å². The van der Waals surface area contributed by atoms with Gasteiger partial charge in [-0.25, -0.2) is 17.6 Å². The molecule has 7 heteroatoms. The Balaban J connectivity index is 1.66. The number of unbranched alkanes of at least 4 members (excludes halogenated alkanes) is 2. The molecule has 0 N–H and O–H groups in total. The Morgan fingerprint density at radius 3 is 2.06 bits per heavy atom. The van der Waals surface area contributed by atoms with Crippen LogP contribution in [-0.2, 0) is 6.42 Å². The summed E-state index contributed by atoms with van der Waals surface area (Å²) in [5.41, 5.74) is 1.17. The van der Waals surface area contributed by atoms with Gasteiger partial charge >= 0.3 is 6.61 Å². The zero-order valence-corrected chi connectivity index (χ0v) is 18.9. The molecule has 0 amide bonds. The second kappa shape index (κ2) is 10.4. The van der Waals surface area contributed by atoms with Gasteiger partial charge < -0.3 is 4.74 Å². The summed E-state index contributed by atoms with van der Waals surface area (Å²) in [6.45, 7) is -1.28. The van der Waals surface area contributed by atoms with Crippen molar-refractivity contribution in [3.8, 4) is 28.0 Å². The van der Waals surface area contributed by atoms with Crippen molar-refractivity contribution >= 4 is 10.8 Å². The minimum Gasteiger partial charge on any atom is -0.429 e. The number of aryl methyl sites for hydroxylation is 1. The van der Waals surface area contributed by atoms with E-state index in [1.54, 1.807) is 18.2 Å². The zero-order chi connectivity index (χ0) is 25.1. The number of hydrogen-bond acceptors (Lipinski definition) is 1. The molecule has 0 atom stereocenters. The number of ether oxygens (including phenoxy) is 1. The fourth-order valence-electron chi connectivity index (χ4n) is 4.13. The number of alkyl halides is 2. The van der Waals surface area contributed by atoms with Gasteiger partial charge in [0, 0.05) is 16.5 Å². The molecule has 35 heavy (non-hydrogen) atoms. The third kappa shape index (κ3) is 5.29. The fourth-order valence-corrected chi connectivity index (χ4v) is 4.13. The van der Waals surface area contributed by atoms with Gasteiger partial charge in [0.15, 0.2) is 17.4 Å². The number of halogens is 6. The van der Waals surface area contributed by atoms with E-state index in [-0.39, 0.29) is 22.3 Å². The monoisotopic (exact) mass is 488 g/mol. The molecule has 0 bridgehead atoms. The quantitative estimate of drug-likeness (QED) is 0.178. The molecule has 0 unspecified atom stereocenters. The van der Waals surface area contributed by atoms with Gasteiger partial charge in [-0.2, -0.15) is 8.78 Å². The summed E-state index contributed by atoms with van der Waals surface area (Å²) in [5.74, 6) is -5.38. The van der Waals surface area contributed by atoms with E-state index in [1.807, 2.05) is 12.1 Å². The Morgan fingerprint density at radius 2 is 1.40 bits per heavy atom. The predicted octanol–water partition coefficient (Wildman–Crippen LogP) is 9.06. The normalized spacial score (nSPS) is 11.4. The SMILES string of the molecule is CCCCCc1ccc2c(F)c(-c3ccc(-c4cc(F)c(OC(F)F)c(F)c4)c(F)c3)ccc2c1. The van der Waals surface area contributed by atoms with E-state index in [0.717, 1.165) is 42.7 Å². The maximum absolute atomic E-state index is 15.3. The molecule has 4 rings (SSSR count). The van der Waals surface area contributed by atoms with Crippen molar-refractivity contribution in [3.05, 3.63) is 89.5 Å². The highest BCUT2D eigenvalue weighted by atomic mass is 19.3. The van der Waals surface area contributed by atoms with Crippen LogP contribution in [0.3, 0.4) is 0 Å². The van der Waals surface area contributed by atoms with Crippen LogP contribution in [0.5, 0.6) is 5.75 Å². The second-order valence-corrected chi connectivity index (χ2v) is 8.28. The van der Waals surface area contributed by atoms with Gasteiger partial charge in [-0.3, -0.25) is 0 Å². The lowest BCUT2D eigenvalue weighted by Crippen LogP contribution is -2.06. The van der Waals surface area contributed by atoms with Crippen molar-refractivity contribution in [2.45, 2.75) is 39.2 Å². The summed E-state index contributed by atoms with van der Waals surface area (Å²) in [4.78, 5) is 0. The summed E-state index contributed by atoms with van der Waals surface area (Å²) in [6, 6.07) is 14.1. The van der Waals surface area contributed by atoms with E-state index in [1.165, 1.54) is 12.1 Å². The van der Waals surface area contributed by atoms with Crippen LogP contribution in [0.25, 0.3) is 33.0 Å². The summed E-state index contributed by atoms with van der Waals surface area (Å²) in [6.07, 6.45) is 4.21. The number of benzene rings is 4. The first-order valence-corrected chi connectivity index (χ1v) is 11.2. The van der Waals surface area contributed by atoms with Crippen LogP contribution in [0.2, 0.25) is 0 Å². The van der Waals surface area contributed by atoms with E-state index in [2.05, 4.69) is 11.7 Å². The van der Waals surface area contributed by atoms with Gasteiger partial charge in [0.25, 0.3) is 0 Å². The molecule has 0 aliphatic heterocycles. The van der Waals surface area contributed by atoms with Gasteiger partial charge in [0.05, 0.1) is 0 Å². The van der Waals surface area contributed by atoms with Crippen molar-refractivity contribution in [1.82, 2.24) is 0 Å². The lowest BCUT2D eigenvalue weighted by molar-refractivity contribution is -0.0546. The molecule has 0 saturated heterocycles. The zero-order valence-electron chi connectivity index (χ0n) is 18.9. The first-order valence-electron chi connectivity index (χ1n) is 11.2. The maximum atomic E-state index is 15.3. The fraction of sp³-hybridized carbons (Fsp3) is 0.214. The molecule has 0 saturated carbocycles. The highest BCUT2D eigenvalue weighted by molar-refractivity contribution is 5.89. The molecular formula is C28H22F6O. The molecule has 0 aromatic heterocycles. The van der Waals surface area contributed by atoms with Crippen LogP contribution in [0.4, 0.5) is 26.3 Å². The third-order valence-electron chi connectivity index (χ3n) is 5.88. The minimum absolute atomic E-state index is 0.173. The molecule has 0 aliphatic carbocycles. The molecule has 4 aromatic carbocycles. The maximum Gasteiger partial charge on any atom is 0.387 e. The Kier molecular flexibility index (Phi) is 7.34. The smallest absolute Gasteiger partial charge is 0.387 e.